The van der Waals surface area contributed by atoms with Crippen LogP contribution in [0.3, 0.4) is 0 Å². The molecule has 0 aliphatic carbocycles. The average molecular weight is 405 g/mol. The first kappa shape index (κ1) is 20.7. The zero-order valence-corrected chi connectivity index (χ0v) is 17.6. The number of hydrogen-bond donors (Lipinski definition) is 1. The van der Waals surface area contributed by atoms with E-state index in [0.717, 1.165) is 35.3 Å². The van der Waals surface area contributed by atoms with E-state index in [4.69, 9.17) is 0 Å². The lowest BCUT2D eigenvalue weighted by molar-refractivity contribution is 0.0924. The van der Waals surface area contributed by atoms with Gasteiger partial charge in [0.2, 0.25) is 10.0 Å². The summed E-state index contributed by atoms with van der Waals surface area (Å²) in [6, 6.07) is 5.37. The minimum absolute atomic E-state index is 0.0220. The highest BCUT2D eigenvalue weighted by Gasteiger charge is 2.27. The molecule has 1 saturated heterocycles. The van der Waals surface area contributed by atoms with Gasteiger partial charge in [0.1, 0.15) is 0 Å². The Morgan fingerprint density at radius 3 is 2.25 bits per heavy atom. The maximum absolute atomic E-state index is 12.7. The van der Waals surface area contributed by atoms with Gasteiger partial charge in [-0.3, -0.25) is 4.79 Å². The Bertz CT molecular complexity index is 967. The minimum Gasteiger partial charge on any atom is -0.349 e. The van der Waals surface area contributed by atoms with Crippen LogP contribution in [0.4, 0.5) is 0 Å². The third-order valence-electron chi connectivity index (χ3n) is 5.30. The number of nitrogens with zero attached hydrogens (tertiary/aromatic N) is 3. The van der Waals surface area contributed by atoms with Crippen LogP contribution < -0.4 is 5.32 Å². The lowest BCUT2D eigenvalue weighted by Crippen LogP contribution is -2.46. The number of rotatable bonds is 6. The second-order valence-electron chi connectivity index (χ2n) is 7.07. The van der Waals surface area contributed by atoms with Crippen molar-refractivity contribution in [3.05, 3.63) is 35.2 Å². The Morgan fingerprint density at radius 2 is 1.68 bits per heavy atom. The van der Waals surface area contributed by atoms with Crippen LogP contribution in [0, 0.1) is 0 Å². The summed E-state index contributed by atoms with van der Waals surface area (Å²) in [5, 5.41) is 3.03. The SMILES string of the molecule is CCc1nc2ccc(C(=O)NC3CCN(S(=O)(=O)CC)CC3)cc2nc1CC. The van der Waals surface area contributed by atoms with E-state index in [1.165, 1.54) is 4.31 Å². The van der Waals surface area contributed by atoms with Gasteiger partial charge in [0.05, 0.1) is 28.2 Å². The van der Waals surface area contributed by atoms with Crippen molar-refractivity contribution in [2.45, 2.75) is 52.5 Å². The van der Waals surface area contributed by atoms with E-state index < -0.39 is 10.0 Å². The molecule has 28 heavy (non-hydrogen) atoms. The molecular formula is C20H28N4O3S. The van der Waals surface area contributed by atoms with E-state index in [0.29, 0.717) is 31.5 Å². The van der Waals surface area contributed by atoms with Crippen molar-refractivity contribution in [3.63, 3.8) is 0 Å². The highest BCUT2D eigenvalue weighted by atomic mass is 32.2. The molecule has 2 aromatic rings. The zero-order valence-electron chi connectivity index (χ0n) is 16.7. The standard InChI is InChI=1S/C20H28N4O3S/c1-4-16-17(5-2)23-19-13-14(7-8-18(19)22-16)20(25)21-15-9-11-24(12-10-15)28(26,27)6-3/h7-8,13,15H,4-6,9-12H2,1-3H3,(H,21,25). The van der Waals surface area contributed by atoms with Crippen LogP contribution in [0.15, 0.2) is 18.2 Å². The number of nitrogens with one attached hydrogen (secondary N) is 1. The largest absolute Gasteiger partial charge is 0.349 e. The van der Waals surface area contributed by atoms with Gasteiger partial charge >= 0.3 is 0 Å². The van der Waals surface area contributed by atoms with Crippen LogP contribution in [0.25, 0.3) is 11.0 Å². The summed E-state index contributed by atoms with van der Waals surface area (Å²) in [4.78, 5) is 22.0. The van der Waals surface area contributed by atoms with Gasteiger partial charge in [0, 0.05) is 24.7 Å². The van der Waals surface area contributed by atoms with Gasteiger partial charge in [-0.1, -0.05) is 13.8 Å². The minimum atomic E-state index is -3.16. The molecule has 7 nitrogen and oxygen atoms in total. The number of aryl methyl sites for hydroxylation is 2. The molecule has 3 rings (SSSR count). The first-order valence-electron chi connectivity index (χ1n) is 9.96. The molecule has 1 aliphatic rings. The molecule has 1 aromatic heterocycles. The molecule has 2 heterocycles. The number of sulfonamides is 1. The molecule has 0 bridgehead atoms. The van der Waals surface area contributed by atoms with E-state index in [9.17, 15) is 13.2 Å². The highest BCUT2D eigenvalue weighted by Crippen LogP contribution is 2.18. The Hall–Kier alpha value is -2.06. The van der Waals surface area contributed by atoms with Crippen LogP contribution >= 0.6 is 0 Å². The van der Waals surface area contributed by atoms with Crippen LogP contribution in [0.5, 0.6) is 0 Å². The topological polar surface area (TPSA) is 92.3 Å². The fourth-order valence-electron chi connectivity index (χ4n) is 3.56. The van der Waals surface area contributed by atoms with E-state index in [-0.39, 0.29) is 17.7 Å². The van der Waals surface area contributed by atoms with Crippen molar-refractivity contribution in [1.29, 1.82) is 0 Å². The highest BCUT2D eigenvalue weighted by molar-refractivity contribution is 7.89. The van der Waals surface area contributed by atoms with Gasteiger partial charge in [-0.15, -0.1) is 0 Å². The lowest BCUT2D eigenvalue weighted by atomic mass is 10.1. The van der Waals surface area contributed by atoms with Gasteiger partial charge in [-0.25, -0.2) is 22.7 Å². The van der Waals surface area contributed by atoms with E-state index in [1.54, 1.807) is 19.1 Å². The van der Waals surface area contributed by atoms with Crippen LogP contribution in [0.1, 0.15) is 55.4 Å². The van der Waals surface area contributed by atoms with Gasteiger partial charge in [0.15, 0.2) is 0 Å². The van der Waals surface area contributed by atoms with Crippen molar-refractivity contribution in [1.82, 2.24) is 19.6 Å². The smallest absolute Gasteiger partial charge is 0.251 e. The summed E-state index contributed by atoms with van der Waals surface area (Å²) in [6.45, 7) is 6.66. The Balaban J connectivity index is 1.70. The van der Waals surface area contributed by atoms with Crippen molar-refractivity contribution in [2.24, 2.45) is 0 Å². The quantitative estimate of drug-likeness (QED) is 0.797. The summed E-state index contributed by atoms with van der Waals surface area (Å²) < 4.78 is 25.4. The number of fused-ring (bicyclic) bond motifs is 1. The molecule has 152 valence electrons. The first-order chi connectivity index (χ1) is 13.4. The summed E-state index contributed by atoms with van der Waals surface area (Å²) >= 11 is 0. The predicted molar refractivity (Wildman–Crippen MR) is 110 cm³/mol. The fourth-order valence-corrected chi connectivity index (χ4v) is 4.70. The molecule has 1 aliphatic heterocycles. The third kappa shape index (κ3) is 4.33. The van der Waals surface area contributed by atoms with Crippen LogP contribution in [-0.2, 0) is 22.9 Å². The van der Waals surface area contributed by atoms with Crippen molar-refractivity contribution in [3.8, 4) is 0 Å². The van der Waals surface area contributed by atoms with Crippen molar-refractivity contribution < 1.29 is 13.2 Å². The molecule has 1 N–H and O–H groups in total. The monoisotopic (exact) mass is 404 g/mol. The molecule has 8 heteroatoms. The Kier molecular flexibility index (Phi) is 6.30. The van der Waals surface area contributed by atoms with Gasteiger partial charge < -0.3 is 5.32 Å². The maximum atomic E-state index is 12.7. The molecular weight excluding hydrogens is 376 g/mol. The molecule has 1 fully saturated rings. The molecule has 0 atom stereocenters. The molecule has 1 amide bonds. The molecule has 0 saturated carbocycles. The Labute approximate surface area is 166 Å². The van der Waals surface area contributed by atoms with Crippen molar-refractivity contribution in [2.75, 3.05) is 18.8 Å². The second kappa shape index (κ2) is 8.53. The Morgan fingerprint density at radius 1 is 1.07 bits per heavy atom. The third-order valence-corrected chi connectivity index (χ3v) is 7.18. The zero-order chi connectivity index (χ0) is 20.3. The number of hydrogen-bond acceptors (Lipinski definition) is 5. The maximum Gasteiger partial charge on any atom is 0.251 e. The van der Waals surface area contributed by atoms with Gasteiger partial charge in [-0.2, -0.15) is 0 Å². The normalized spacial score (nSPS) is 16.4. The predicted octanol–water partition coefficient (Wildman–Crippen LogP) is 2.30. The van der Waals surface area contributed by atoms with Gasteiger partial charge in [0.25, 0.3) is 5.91 Å². The molecule has 0 unspecified atom stereocenters. The molecule has 1 aromatic carbocycles. The van der Waals surface area contributed by atoms with Gasteiger partial charge in [-0.05, 0) is 50.8 Å². The first-order valence-corrected chi connectivity index (χ1v) is 11.6. The molecule has 0 spiro atoms. The second-order valence-corrected chi connectivity index (χ2v) is 9.33. The number of aromatic nitrogens is 2. The van der Waals surface area contributed by atoms with E-state index in [2.05, 4.69) is 29.1 Å². The fraction of sp³-hybridized carbons (Fsp3) is 0.550. The number of carbonyl (C=O) groups excluding carboxylic acids is 1. The number of carbonyl (C=O) groups is 1. The number of amides is 1. The summed E-state index contributed by atoms with van der Waals surface area (Å²) in [5.41, 5.74) is 4.05. The number of benzene rings is 1. The van der Waals surface area contributed by atoms with Crippen LogP contribution in [-0.4, -0.2) is 53.5 Å². The summed E-state index contributed by atoms with van der Waals surface area (Å²) in [7, 11) is -3.16. The van der Waals surface area contributed by atoms with E-state index >= 15 is 0 Å². The van der Waals surface area contributed by atoms with Crippen LogP contribution in [0.2, 0.25) is 0 Å². The summed E-state index contributed by atoms with van der Waals surface area (Å²) in [5.74, 6) is -0.0418. The van der Waals surface area contributed by atoms with Crippen molar-refractivity contribution >= 4 is 27.0 Å². The average Bonchev–Trinajstić information content (AvgIpc) is 2.72. The molecule has 0 radical (unpaired) electrons. The van der Waals surface area contributed by atoms with E-state index in [1.807, 2.05) is 6.07 Å². The number of piperidine rings is 1. The summed E-state index contributed by atoms with van der Waals surface area (Å²) in [6.07, 6.45) is 2.89. The lowest BCUT2D eigenvalue weighted by Gasteiger charge is -2.31.